The highest BCUT2D eigenvalue weighted by atomic mass is 79.9. The quantitative estimate of drug-likeness (QED) is 0.481. The number of rotatable bonds is 2. The van der Waals surface area contributed by atoms with Crippen molar-refractivity contribution in [1.29, 1.82) is 0 Å². The maximum Gasteiger partial charge on any atom is 0.0175 e. The van der Waals surface area contributed by atoms with E-state index in [-0.39, 0.29) is 0 Å². The van der Waals surface area contributed by atoms with Crippen LogP contribution in [0.4, 0.5) is 0 Å². The Labute approximate surface area is 141 Å². The monoisotopic (exact) mass is 350 g/mol. The zero-order chi connectivity index (χ0) is 15.7. The summed E-state index contributed by atoms with van der Waals surface area (Å²) in [6.45, 7) is 6.46. The first-order valence-corrected chi connectivity index (χ1v) is 8.27. The summed E-state index contributed by atoms with van der Waals surface area (Å²) in [6.07, 6.45) is 0. The van der Waals surface area contributed by atoms with Gasteiger partial charge in [-0.15, -0.1) is 0 Å². The molecule has 110 valence electrons. The third kappa shape index (κ3) is 3.15. The van der Waals surface area contributed by atoms with Crippen LogP contribution in [0, 0.1) is 20.8 Å². The second kappa shape index (κ2) is 6.10. The second-order valence-electron chi connectivity index (χ2n) is 5.93. The van der Waals surface area contributed by atoms with Crippen molar-refractivity contribution in [2.45, 2.75) is 20.8 Å². The molecule has 0 fully saturated rings. The minimum Gasteiger partial charge on any atom is -0.0587 e. The fourth-order valence-corrected chi connectivity index (χ4v) is 3.17. The van der Waals surface area contributed by atoms with E-state index in [0.717, 1.165) is 4.47 Å². The Morgan fingerprint density at radius 2 is 1.18 bits per heavy atom. The molecule has 0 unspecified atom stereocenters. The van der Waals surface area contributed by atoms with Crippen LogP contribution < -0.4 is 0 Å². The topological polar surface area (TPSA) is 0 Å². The van der Waals surface area contributed by atoms with Gasteiger partial charge >= 0.3 is 0 Å². The van der Waals surface area contributed by atoms with Crippen LogP contribution in [0.1, 0.15) is 16.7 Å². The van der Waals surface area contributed by atoms with Gasteiger partial charge in [-0.2, -0.15) is 0 Å². The Morgan fingerprint density at radius 1 is 0.545 bits per heavy atom. The summed E-state index contributed by atoms with van der Waals surface area (Å²) in [6, 6.07) is 22.0. The van der Waals surface area contributed by atoms with Crippen LogP contribution in [0.3, 0.4) is 0 Å². The molecule has 0 atom stereocenters. The first-order valence-electron chi connectivity index (χ1n) is 7.48. The van der Waals surface area contributed by atoms with Crippen molar-refractivity contribution < 1.29 is 0 Å². The molecule has 3 aromatic rings. The van der Waals surface area contributed by atoms with Crippen LogP contribution in [-0.4, -0.2) is 0 Å². The zero-order valence-electron chi connectivity index (χ0n) is 13.2. The molecule has 0 aliphatic carbocycles. The lowest BCUT2D eigenvalue weighted by Gasteiger charge is -2.13. The molecule has 0 saturated carbocycles. The first kappa shape index (κ1) is 15.1. The molecule has 3 aromatic carbocycles. The Bertz CT molecular complexity index is 794. The van der Waals surface area contributed by atoms with Gasteiger partial charge in [0.25, 0.3) is 0 Å². The number of aryl methyl sites for hydroxylation is 3. The maximum atomic E-state index is 3.51. The maximum absolute atomic E-state index is 3.51. The zero-order valence-corrected chi connectivity index (χ0v) is 14.7. The molecule has 0 heterocycles. The van der Waals surface area contributed by atoms with Crippen LogP contribution in [0.2, 0.25) is 0 Å². The van der Waals surface area contributed by atoms with Gasteiger partial charge in [-0.25, -0.2) is 0 Å². The largest absolute Gasteiger partial charge is 0.0587 e. The van der Waals surface area contributed by atoms with E-state index in [1.165, 1.54) is 38.9 Å². The molecule has 3 rings (SSSR count). The van der Waals surface area contributed by atoms with Crippen LogP contribution in [-0.2, 0) is 0 Å². The second-order valence-corrected chi connectivity index (χ2v) is 6.85. The van der Waals surface area contributed by atoms with Crippen LogP contribution in [0.15, 0.2) is 65.1 Å². The fraction of sp³-hybridized carbons (Fsp3) is 0.143. The van der Waals surface area contributed by atoms with Crippen LogP contribution >= 0.6 is 15.9 Å². The van der Waals surface area contributed by atoms with Gasteiger partial charge in [0.15, 0.2) is 0 Å². The van der Waals surface area contributed by atoms with E-state index in [4.69, 9.17) is 0 Å². The molecule has 0 N–H and O–H groups in total. The molecular weight excluding hydrogens is 332 g/mol. The predicted octanol–water partition coefficient (Wildman–Crippen LogP) is 6.71. The molecule has 0 aliphatic rings. The van der Waals surface area contributed by atoms with Crippen molar-refractivity contribution in [3.63, 3.8) is 0 Å². The lowest BCUT2D eigenvalue weighted by molar-refractivity contribution is 1.38. The molecule has 22 heavy (non-hydrogen) atoms. The Hall–Kier alpha value is -1.86. The van der Waals surface area contributed by atoms with Crippen molar-refractivity contribution in [3.05, 3.63) is 81.8 Å². The molecule has 0 amide bonds. The SMILES string of the molecule is Cc1cc(C)cc(-c2ccc(C)cc2-c2ccc(Br)cc2)c1. The number of hydrogen-bond donors (Lipinski definition) is 0. The minimum absolute atomic E-state index is 1.11. The summed E-state index contributed by atoms with van der Waals surface area (Å²) in [5, 5.41) is 0. The summed E-state index contributed by atoms with van der Waals surface area (Å²) >= 11 is 3.51. The van der Waals surface area contributed by atoms with Crippen molar-refractivity contribution >= 4 is 15.9 Å². The summed E-state index contributed by atoms with van der Waals surface area (Å²) in [4.78, 5) is 0. The van der Waals surface area contributed by atoms with Gasteiger partial charge in [0.1, 0.15) is 0 Å². The van der Waals surface area contributed by atoms with Gasteiger partial charge in [-0.3, -0.25) is 0 Å². The molecule has 0 bridgehead atoms. The molecule has 0 nitrogen and oxygen atoms in total. The molecule has 0 spiro atoms. The number of benzene rings is 3. The average Bonchev–Trinajstić information content (AvgIpc) is 2.47. The number of halogens is 1. The first-order chi connectivity index (χ1) is 10.5. The standard InChI is InChI=1S/C21H19Br/c1-14-4-9-20(18-11-15(2)10-16(3)12-18)21(13-14)17-5-7-19(22)8-6-17/h4-13H,1-3H3. The van der Waals surface area contributed by atoms with E-state index in [0.29, 0.717) is 0 Å². The summed E-state index contributed by atoms with van der Waals surface area (Å²) < 4.78 is 1.11. The van der Waals surface area contributed by atoms with Crippen molar-refractivity contribution in [1.82, 2.24) is 0 Å². The molecule has 0 aliphatic heterocycles. The average molecular weight is 351 g/mol. The van der Waals surface area contributed by atoms with Gasteiger partial charge in [0, 0.05) is 4.47 Å². The Morgan fingerprint density at radius 3 is 1.82 bits per heavy atom. The van der Waals surface area contributed by atoms with Crippen molar-refractivity contribution in [2.75, 3.05) is 0 Å². The van der Waals surface area contributed by atoms with E-state index in [9.17, 15) is 0 Å². The van der Waals surface area contributed by atoms with E-state index in [1.54, 1.807) is 0 Å². The Balaban J connectivity index is 2.22. The highest BCUT2D eigenvalue weighted by molar-refractivity contribution is 9.10. The highest BCUT2D eigenvalue weighted by Crippen LogP contribution is 2.34. The fourth-order valence-electron chi connectivity index (χ4n) is 2.91. The minimum atomic E-state index is 1.11. The molecule has 0 radical (unpaired) electrons. The van der Waals surface area contributed by atoms with E-state index in [2.05, 4.69) is 97.4 Å². The smallest absolute Gasteiger partial charge is 0.0175 e. The van der Waals surface area contributed by atoms with Gasteiger partial charge in [0.05, 0.1) is 0 Å². The van der Waals surface area contributed by atoms with Gasteiger partial charge in [-0.1, -0.05) is 81.2 Å². The molecule has 0 saturated heterocycles. The van der Waals surface area contributed by atoms with Gasteiger partial charge in [0.2, 0.25) is 0 Å². The van der Waals surface area contributed by atoms with Gasteiger partial charge in [-0.05, 0) is 55.2 Å². The van der Waals surface area contributed by atoms with Crippen molar-refractivity contribution in [3.8, 4) is 22.3 Å². The number of hydrogen-bond acceptors (Lipinski definition) is 0. The Kier molecular flexibility index (Phi) is 4.17. The summed E-state index contributed by atoms with van der Waals surface area (Å²) in [5.74, 6) is 0. The molecule has 0 aromatic heterocycles. The lowest BCUT2D eigenvalue weighted by atomic mass is 9.91. The molecular formula is C21H19Br. The van der Waals surface area contributed by atoms with E-state index in [1.807, 2.05) is 0 Å². The highest BCUT2D eigenvalue weighted by Gasteiger charge is 2.09. The van der Waals surface area contributed by atoms with Crippen LogP contribution in [0.5, 0.6) is 0 Å². The predicted molar refractivity (Wildman–Crippen MR) is 99.2 cm³/mol. The van der Waals surface area contributed by atoms with E-state index < -0.39 is 0 Å². The molecule has 1 heteroatoms. The lowest BCUT2D eigenvalue weighted by Crippen LogP contribution is -1.89. The summed E-state index contributed by atoms with van der Waals surface area (Å²) in [5.41, 5.74) is 9.01. The summed E-state index contributed by atoms with van der Waals surface area (Å²) in [7, 11) is 0. The van der Waals surface area contributed by atoms with Gasteiger partial charge < -0.3 is 0 Å². The third-order valence-corrected chi connectivity index (χ3v) is 4.39. The third-order valence-electron chi connectivity index (χ3n) is 3.86. The van der Waals surface area contributed by atoms with Crippen LogP contribution in [0.25, 0.3) is 22.3 Å². The van der Waals surface area contributed by atoms with Crippen molar-refractivity contribution in [2.24, 2.45) is 0 Å². The van der Waals surface area contributed by atoms with E-state index >= 15 is 0 Å². The normalized spacial score (nSPS) is 10.7.